The topological polar surface area (TPSA) is 15.0 Å². The number of hydrogen-bond acceptors (Lipinski definition) is 1. The largest absolute Gasteiger partial charge is 0.250 e. The summed E-state index contributed by atoms with van der Waals surface area (Å²) in [7, 11) is 0. The van der Waals surface area contributed by atoms with Crippen LogP contribution in [0.4, 0.5) is 0 Å². The highest BCUT2D eigenvalue weighted by Crippen LogP contribution is 2.10. The maximum absolute atomic E-state index is 3.39. The third-order valence-electron chi connectivity index (χ3n) is 1.97. The molecule has 0 aromatic rings. The van der Waals surface area contributed by atoms with Crippen molar-refractivity contribution >= 4 is 6.21 Å². The highest BCUT2D eigenvalue weighted by Gasteiger charge is 2.29. The minimum absolute atomic E-state index is 0.704. The fourth-order valence-corrected chi connectivity index (χ4v) is 1.53. The van der Waals surface area contributed by atoms with E-state index in [-0.39, 0.29) is 0 Å². The SMILES string of the molecule is C1=[N+]2CCCC2NC1. The molecule has 1 atom stereocenters. The summed E-state index contributed by atoms with van der Waals surface area (Å²) >= 11 is 0. The number of fused-ring (bicyclic) bond motifs is 1. The Kier molecular flexibility index (Phi) is 0.875. The average Bonchev–Trinajstić information content (AvgIpc) is 2.15. The summed E-state index contributed by atoms with van der Waals surface area (Å²) in [5.41, 5.74) is 0. The van der Waals surface area contributed by atoms with E-state index in [1.165, 1.54) is 19.4 Å². The first kappa shape index (κ1) is 4.50. The molecule has 0 spiro atoms. The maximum atomic E-state index is 3.39. The molecule has 0 aromatic heterocycles. The molecule has 0 bridgehead atoms. The van der Waals surface area contributed by atoms with Gasteiger partial charge in [-0.1, -0.05) is 0 Å². The van der Waals surface area contributed by atoms with E-state index in [0.29, 0.717) is 6.17 Å². The highest BCUT2D eigenvalue weighted by molar-refractivity contribution is 5.55. The van der Waals surface area contributed by atoms with Crippen molar-refractivity contribution in [3.8, 4) is 0 Å². The quantitative estimate of drug-likeness (QED) is 0.427. The Labute approximate surface area is 49.2 Å². The lowest BCUT2D eigenvalue weighted by Gasteiger charge is -1.95. The molecule has 0 amide bonds. The van der Waals surface area contributed by atoms with Gasteiger partial charge in [0.1, 0.15) is 6.54 Å². The molecule has 44 valence electrons. The third-order valence-corrected chi connectivity index (χ3v) is 1.97. The molecule has 0 aliphatic carbocycles. The van der Waals surface area contributed by atoms with Gasteiger partial charge in [-0.05, 0) is 0 Å². The second-order valence-corrected chi connectivity index (χ2v) is 2.49. The predicted octanol–water partition coefficient (Wildman–Crippen LogP) is -0.207. The van der Waals surface area contributed by atoms with Crippen LogP contribution in [0.2, 0.25) is 0 Å². The zero-order valence-electron chi connectivity index (χ0n) is 4.93. The van der Waals surface area contributed by atoms with Crippen molar-refractivity contribution in [2.75, 3.05) is 13.1 Å². The lowest BCUT2D eigenvalue weighted by molar-refractivity contribution is -0.536. The molecule has 2 rings (SSSR count). The Morgan fingerprint density at radius 1 is 1.62 bits per heavy atom. The average molecular weight is 111 g/mol. The minimum Gasteiger partial charge on any atom is -0.250 e. The van der Waals surface area contributed by atoms with Gasteiger partial charge in [-0.3, -0.25) is 0 Å². The normalized spacial score (nSPS) is 35.0. The monoisotopic (exact) mass is 111 g/mol. The van der Waals surface area contributed by atoms with Crippen LogP contribution in [-0.2, 0) is 0 Å². The molecule has 2 nitrogen and oxygen atoms in total. The Balaban J connectivity index is 2.20. The highest BCUT2D eigenvalue weighted by atomic mass is 15.2. The van der Waals surface area contributed by atoms with Crippen LogP contribution in [0, 0.1) is 0 Å². The van der Waals surface area contributed by atoms with Gasteiger partial charge in [0.05, 0.1) is 6.54 Å². The van der Waals surface area contributed by atoms with Crippen LogP contribution in [0.5, 0.6) is 0 Å². The summed E-state index contributed by atoms with van der Waals surface area (Å²) in [6.45, 7) is 2.36. The second kappa shape index (κ2) is 1.55. The lowest BCUT2D eigenvalue weighted by Crippen LogP contribution is -2.26. The van der Waals surface area contributed by atoms with Crippen molar-refractivity contribution in [2.45, 2.75) is 19.0 Å². The van der Waals surface area contributed by atoms with E-state index in [1.807, 2.05) is 0 Å². The molecule has 8 heavy (non-hydrogen) atoms. The molecule has 0 aromatic carbocycles. The van der Waals surface area contributed by atoms with Crippen LogP contribution in [0.1, 0.15) is 12.8 Å². The van der Waals surface area contributed by atoms with Gasteiger partial charge in [-0.25, -0.2) is 9.89 Å². The van der Waals surface area contributed by atoms with Gasteiger partial charge in [0.25, 0.3) is 0 Å². The number of rotatable bonds is 0. The summed E-state index contributed by atoms with van der Waals surface area (Å²) in [6, 6.07) is 0. The molecule has 1 N–H and O–H groups in total. The van der Waals surface area contributed by atoms with E-state index in [0.717, 1.165) is 6.54 Å². The summed E-state index contributed by atoms with van der Waals surface area (Å²) < 4.78 is 2.40. The second-order valence-electron chi connectivity index (χ2n) is 2.49. The molecule has 1 saturated heterocycles. The molecule has 2 heteroatoms. The summed E-state index contributed by atoms with van der Waals surface area (Å²) in [5, 5.41) is 3.39. The summed E-state index contributed by atoms with van der Waals surface area (Å²) in [6.07, 6.45) is 5.68. The van der Waals surface area contributed by atoms with Gasteiger partial charge in [0.15, 0.2) is 6.21 Å². The smallest absolute Gasteiger partial charge is 0.206 e. The zero-order chi connectivity index (χ0) is 5.40. The van der Waals surface area contributed by atoms with E-state index in [4.69, 9.17) is 0 Å². The van der Waals surface area contributed by atoms with Gasteiger partial charge >= 0.3 is 0 Å². The lowest BCUT2D eigenvalue weighted by atomic mass is 10.3. The molecular formula is C6H11N2+. The van der Waals surface area contributed by atoms with Crippen LogP contribution < -0.4 is 5.32 Å². The van der Waals surface area contributed by atoms with E-state index < -0.39 is 0 Å². The number of hydrogen-bond donors (Lipinski definition) is 1. The van der Waals surface area contributed by atoms with Crippen molar-refractivity contribution in [1.29, 1.82) is 0 Å². The van der Waals surface area contributed by atoms with E-state index in [9.17, 15) is 0 Å². The van der Waals surface area contributed by atoms with Gasteiger partial charge in [-0.15, -0.1) is 0 Å². The van der Waals surface area contributed by atoms with Crippen LogP contribution in [0.15, 0.2) is 0 Å². The first-order valence-electron chi connectivity index (χ1n) is 3.29. The van der Waals surface area contributed by atoms with Crippen LogP contribution >= 0.6 is 0 Å². The molecule has 2 aliphatic rings. The fourth-order valence-electron chi connectivity index (χ4n) is 1.53. The van der Waals surface area contributed by atoms with Gasteiger partial charge < -0.3 is 0 Å². The molecule has 0 saturated carbocycles. The van der Waals surface area contributed by atoms with E-state index >= 15 is 0 Å². The number of nitrogens with one attached hydrogen (secondary N) is 1. The Morgan fingerprint density at radius 2 is 2.62 bits per heavy atom. The number of nitrogens with zero attached hydrogens (tertiary/aromatic N) is 1. The van der Waals surface area contributed by atoms with Crippen molar-refractivity contribution in [2.24, 2.45) is 0 Å². The predicted molar refractivity (Wildman–Crippen MR) is 32.2 cm³/mol. The zero-order valence-corrected chi connectivity index (χ0v) is 4.93. The molecule has 2 heterocycles. The molecular weight excluding hydrogens is 100 g/mol. The third kappa shape index (κ3) is 0.494. The van der Waals surface area contributed by atoms with E-state index in [2.05, 4.69) is 16.1 Å². The molecule has 0 radical (unpaired) electrons. The standard InChI is InChI=1S/C6H11N2/c1-2-6-7-3-5-8(6)4-1/h5-7H,1-4H2/q+1. The van der Waals surface area contributed by atoms with Crippen LogP contribution in [0.3, 0.4) is 0 Å². The first-order valence-corrected chi connectivity index (χ1v) is 3.29. The molecule has 2 aliphatic heterocycles. The Hall–Kier alpha value is -0.370. The minimum atomic E-state index is 0.704. The van der Waals surface area contributed by atoms with Crippen LogP contribution in [0.25, 0.3) is 0 Å². The van der Waals surface area contributed by atoms with Crippen LogP contribution in [-0.4, -0.2) is 30.0 Å². The van der Waals surface area contributed by atoms with Gasteiger partial charge in [0.2, 0.25) is 6.17 Å². The summed E-state index contributed by atoms with van der Waals surface area (Å²) in [5.74, 6) is 0. The first-order chi connectivity index (χ1) is 3.97. The maximum Gasteiger partial charge on any atom is 0.206 e. The Bertz CT molecular complexity index is 128. The van der Waals surface area contributed by atoms with Gasteiger partial charge in [-0.2, -0.15) is 0 Å². The van der Waals surface area contributed by atoms with Crippen molar-refractivity contribution in [3.63, 3.8) is 0 Å². The molecule has 1 unspecified atom stereocenters. The van der Waals surface area contributed by atoms with E-state index in [1.54, 1.807) is 0 Å². The van der Waals surface area contributed by atoms with Gasteiger partial charge in [0, 0.05) is 12.8 Å². The fraction of sp³-hybridized carbons (Fsp3) is 0.833. The summed E-state index contributed by atoms with van der Waals surface area (Å²) in [4.78, 5) is 0. The van der Waals surface area contributed by atoms with Crippen molar-refractivity contribution < 1.29 is 4.58 Å². The molecule has 1 fully saturated rings. The van der Waals surface area contributed by atoms with Crippen molar-refractivity contribution in [1.82, 2.24) is 5.32 Å². The Morgan fingerprint density at radius 3 is 3.50 bits per heavy atom. The van der Waals surface area contributed by atoms with Crippen molar-refractivity contribution in [3.05, 3.63) is 0 Å².